The summed E-state index contributed by atoms with van der Waals surface area (Å²) in [5.41, 5.74) is 1.41. The standard InChI is InChI=1S/C14H26N2O/c1-6-8-16(5)11-12-7-9-17-13(12)10-15-14(2,3)4/h7,9,15H,6,8,10-11H2,1-5H3. The molecule has 0 aliphatic heterocycles. The second-order valence-corrected chi connectivity index (χ2v) is 5.71. The van der Waals surface area contributed by atoms with Crippen LogP contribution in [0.25, 0.3) is 0 Å². The molecule has 1 N–H and O–H groups in total. The third-order valence-electron chi connectivity index (χ3n) is 2.66. The lowest BCUT2D eigenvalue weighted by molar-refractivity contribution is 0.320. The SMILES string of the molecule is CCCN(C)Cc1ccoc1CNC(C)(C)C. The fraction of sp³-hybridized carbons (Fsp3) is 0.714. The van der Waals surface area contributed by atoms with Gasteiger partial charge in [-0.15, -0.1) is 0 Å². The van der Waals surface area contributed by atoms with Gasteiger partial charge in [-0.25, -0.2) is 0 Å². The summed E-state index contributed by atoms with van der Waals surface area (Å²) in [6.45, 7) is 11.6. The molecular formula is C14H26N2O. The minimum atomic E-state index is 0.124. The molecule has 0 aliphatic carbocycles. The fourth-order valence-corrected chi connectivity index (χ4v) is 1.76. The number of rotatable bonds is 6. The number of hydrogen-bond donors (Lipinski definition) is 1. The van der Waals surface area contributed by atoms with Crippen molar-refractivity contribution in [1.29, 1.82) is 0 Å². The van der Waals surface area contributed by atoms with Crippen LogP contribution < -0.4 is 5.32 Å². The molecule has 0 saturated carbocycles. The normalized spacial score (nSPS) is 12.4. The summed E-state index contributed by atoms with van der Waals surface area (Å²) in [5, 5.41) is 3.46. The Morgan fingerprint density at radius 2 is 2.06 bits per heavy atom. The Balaban J connectivity index is 2.54. The quantitative estimate of drug-likeness (QED) is 0.826. The zero-order chi connectivity index (χ0) is 12.9. The van der Waals surface area contributed by atoms with E-state index in [0.717, 1.165) is 25.4 Å². The van der Waals surface area contributed by atoms with E-state index in [-0.39, 0.29) is 5.54 Å². The molecule has 3 heteroatoms. The van der Waals surface area contributed by atoms with Crippen molar-refractivity contribution in [3.8, 4) is 0 Å². The first-order valence-corrected chi connectivity index (χ1v) is 6.41. The van der Waals surface area contributed by atoms with Gasteiger partial charge in [0.15, 0.2) is 0 Å². The molecule has 0 spiro atoms. The van der Waals surface area contributed by atoms with Crippen LogP contribution in [0.1, 0.15) is 45.4 Å². The molecule has 3 nitrogen and oxygen atoms in total. The minimum Gasteiger partial charge on any atom is -0.468 e. The molecule has 0 fully saturated rings. The van der Waals surface area contributed by atoms with Gasteiger partial charge < -0.3 is 14.6 Å². The lowest BCUT2D eigenvalue weighted by atomic mass is 10.1. The van der Waals surface area contributed by atoms with Crippen LogP contribution in [0.3, 0.4) is 0 Å². The summed E-state index contributed by atoms with van der Waals surface area (Å²) in [6.07, 6.45) is 2.97. The van der Waals surface area contributed by atoms with E-state index in [1.54, 1.807) is 6.26 Å². The Labute approximate surface area is 105 Å². The third kappa shape index (κ3) is 5.37. The van der Waals surface area contributed by atoms with Gasteiger partial charge in [0.2, 0.25) is 0 Å². The molecular weight excluding hydrogens is 212 g/mol. The molecule has 0 aliphatic rings. The maximum absolute atomic E-state index is 5.55. The van der Waals surface area contributed by atoms with E-state index in [0.29, 0.717) is 0 Å². The Hall–Kier alpha value is -0.800. The molecule has 0 aromatic carbocycles. The number of furan rings is 1. The third-order valence-corrected chi connectivity index (χ3v) is 2.66. The number of hydrogen-bond acceptors (Lipinski definition) is 3. The van der Waals surface area contributed by atoms with Crippen molar-refractivity contribution < 1.29 is 4.42 Å². The molecule has 1 rings (SSSR count). The predicted molar refractivity (Wildman–Crippen MR) is 71.9 cm³/mol. The Morgan fingerprint density at radius 3 is 2.65 bits per heavy atom. The maximum Gasteiger partial charge on any atom is 0.122 e. The van der Waals surface area contributed by atoms with Crippen molar-refractivity contribution in [2.24, 2.45) is 0 Å². The lowest BCUT2D eigenvalue weighted by Crippen LogP contribution is -2.35. The summed E-state index contributed by atoms with van der Waals surface area (Å²) in [6, 6.07) is 2.08. The van der Waals surface area contributed by atoms with Crippen molar-refractivity contribution in [3.63, 3.8) is 0 Å². The molecule has 1 aromatic heterocycles. The molecule has 0 amide bonds. The van der Waals surface area contributed by atoms with E-state index >= 15 is 0 Å². The van der Waals surface area contributed by atoms with Crippen molar-refractivity contribution in [2.75, 3.05) is 13.6 Å². The largest absolute Gasteiger partial charge is 0.468 e. The summed E-state index contributed by atoms with van der Waals surface area (Å²) >= 11 is 0. The molecule has 1 heterocycles. The van der Waals surface area contributed by atoms with Crippen molar-refractivity contribution in [3.05, 3.63) is 23.7 Å². The van der Waals surface area contributed by atoms with Crippen molar-refractivity contribution >= 4 is 0 Å². The first-order chi connectivity index (χ1) is 7.92. The zero-order valence-corrected chi connectivity index (χ0v) is 11.8. The van der Waals surface area contributed by atoms with Gasteiger partial charge >= 0.3 is 0 Å². The van der Waals surface area contributed by atoms with E-state index in [9.17, 15) is 0 Å². The molecule has 1 aromatic rings. The van der Waals surface area contributed by atoms with Gasteiger partial charge in [0.25, 0.3) is 0 Å². The predicted octanol–water partition coefficient (Wildman–Crippen LogP) is 3.01. The summed E-state index contributed by atoms with van der Waals surface area (Å²) in [5.74, 6) is 1.06. The summed E-state index contributed by atoms with van der Waals surface area (Å²) in [7, 11) is 2.15. The first kappa shape index (κ1) is 14.3. The van der Waals surface area contributed by atoms with Gasteiger partial charge in [-0.1, -0.05) is 6.92 Å². The Kier molecular flexibility index (Phi) is 5.22. The zero-order valence-electron chi connectivity index (χ0n) is 11.8. The van der Waals surface area contributed by atoms with Crippen LogP contribution in [0.4, 0.5) is 0 Å². The molecule has 0 bridgehead atoms. The van der Waals surface area contributed by atoms with E-state index in [4.69, 9.17) is 4.42 Å². The van der Waals surface area contributed by atoms with E-state index < -0.39 is 0 Å². The Bertz CT molecular complexity index is 325. The highest BCUT2D eigenvalue weighted by Crippen LogP contribution is 2.14. The van der Waals surface area contributed by atoms with Gasteiger partial charge in [-0.05, 0) is 46.9 Å². The molecule has 0 radical (unpaired) electrons. The van der Waals surface area contributed by atoms with Crippen LogP contribution in [0, 0.1) is 0 Å². The van der Waals surface area contributed by atoms with Gasteiger partial charge in [0.1, 0.15) is 5.76 Å². The van der Waals surface area contributed by atoms with Crippen LogP contribution in [-0.4, -0.2) is 24.0 Å². The van der Waals surface area contributed by atoms with Crippen LogP contribution in [0.15, 0.2) is 16.7 Å². The minimum absolute atomic E-state index is 0.124. The number of nitrogens with one attached hydrogen (secondary N) is 1. The molecule has 0 atom stereocenters. The van der Waals surface area contributed by atoms with Crippen LogP contribution >= 0.6 is 0 Å². The highest BCUT2D eigenvalue weighted by molar-refractivity contribution is 5.17. The van der Waals surface area contributed by atoms with Gasteiger partial charge in [0.05, 0.1) is 12.8 Å². The highest BCUT2D eigenvalue weighted by atomic mass is 16.3. The van der Waals surface area contributed by atoms with E-state index in [2.05, 4.69) is 51.0 Å². The first-order valence-electron chi connectivity index (χ1n) is 6.41. The summed E-state index contributed by atoms with van der Waals surface area (Å²) in [4.78, 5) is 2.32. The maximum atomic E-state index is 5.55. The molecule has 98 valence electrons. The summed E-state index contributed by atoms with van der Waals surface area (Å²) < 4.78 is 5.55. The number of nitrogens with zero attached hydrogens (tertiary/aromatic N) is 1. The smallest absolute Gasteiger partial charge is 0.122 e. The van der Waals surface area contributed by atoms with Crippen molar-refractivity contribution in [2.45, 2.75) is 52.7 Å². The monoisotopic (exact) mass is 238 g/mol. The second-order valence-electron chi connectivity index (χ2n) is 5.71. The topological polar surface area (TPSA) is 28.4 Å². The Morgan fingerprint density at radius 1 is 1.35 bits per heavy atom. The molecule has 0 saturated heterocycles. The van der Waals surface area contributed by atoms with Crippen molar-refractivity contribution in [1.82, 2.24) is 10.2 Å². The van der Waals surface area contributed by atoms with Crippen LogP contribution in [-0.2, 0) is 13.1 Å². The van der Waals surface area contributed by atoms with E-state index in [1.807, 2.05) is 0 Å². The molecule has 0 unspecified atom stereocenters. The van der Waals surface area contributed by atoms with Crippen LogP contribution in [0.5, 0.6) is 0 Å². The average molecular weight is 238 g/mol. The fourth-order valence-electron chi connectivity index (χ4n) is 1.76. The van der Waals surface area contributed by atoms with Gasteiger partial charge in [-0.3, -0.25) is 0 Å². The highest BCUT2D eigenvalue weighted by Gasteiger charge is 2.13. The molecule has 17 heavy (non-hydrogen) atoms. The average Bonchev–Trinajstić information content (AvgIpc) is 2.61. The van der Waals surface area contributed by atoms with Crippen LogP contribution in [0.2, 0.25) is 0 Å². The van der Waals surface area contributed by atoms with Gasteiger partial charge in [-0.2, -0.15) is 0 Å². The van der Waals surface area contributed by atoms with Gasteiger partial charge in [0, 0.05) is 17.6 Å². The second kappa shape index (κ2) is 6.22. The van der Waals surface area contributed by atoms with E-state index in [1.165, 1.54) is 12.0 Å². The lowest BCUT2D eigenvalue weighted by Gasteiger charge is -2.21.